The topological polar surface area (TPSA) is 3.24 Å². The molecule has 8 aromatic rings. The van der Waals surface area contributed by atoms with Gasteiger partial charge in [0.05, 0.1) is 5.41 Å². The average Bonchev–Trinajstić information content (AvgIpc) is 4.07. The zero-order valence-electron chi connectivity index (χ0n) is 35.4. The lowest BCUT2D eigenvalue weighted by molar-refractivity contribution is 0.620. The van der Waals surface area contributed by atoms with Gasteiger partial charge in [-0.2, -0.15) is 0 Å². The summed E-state index contributed by atoms with van der Waals surface area (Å²) in [6.45, 7) is 9.43. The minimum Gasteiger partial charge on any atom is -0.310 e. The molecule has 0 bridgehead atoms. The molecule has 1 nitrogen and oxygen atoms in total. The Morgan fingerprint density at radius 1 is 0.419 bits per heavy atom. The summed E-state index contributed by atoms with van der Waals surface area (Å²) in [6, 6.07) is 62.1. The van der Waals surface area contributed by atoms with Crippen LogP contribution in [0.4, 0.5) is 21.5 Å². The van der Waals surface area contributed by atoms with E-state index in [0.717, 1.165) is 40.2 Å². The molecular weight excluding hydrogens is 754 g/mol. The van der Waals surface area contributed by atoms with Crippen LogP contribution in [0.2, 0.25) is 0 Å². The predicted octanol–water partition coefficient (Wildman–Crippen LogP) is 15.6. The average molecular weight is 798 g/mol. The second kappa shape index (κ2) is 12.3. The summed E-state index contributed by atoms with van der Waals surface area (Å²) in [4.78, 5) is 2.45. The molecule has 0 fully saturated rings. The molecule has 0 radical (unpaired) electrons. The summed E-state index contributed by atoms with van der Waals surface area (Å²) < 4.78 is 15.5. The van der Waals surface area contributed by atoms with Crippen molar-refractivity contribution in [3.05, 3.63) is 238 Å². The molecule has 0 aliphatic heterocycles. The number of nitrogens with zero attached hydrogens (tertiary/aromatic N) is 1. The molecular formula is C60H44FN. The van der Waals surface area contributed by atoms with Crippen molar-refractivity contribution in [3.63, 3.8) is 0 Å². The van der Waals surface area contributed by atoms with Crippen molar-refractivity contribution in [2.24, 2.45) is 0 Å². The molecule has 0 amide bonds. The zero-order valence-corrected chi connectivity index (χ0v) is 35.4. The van der Waals surface area contributed by atoms with Gasteiger partial charge in [-0.3, -0.25) is 0 Å². The first kappa shape index (κ1) is 35.7. The molecule has 1 spiro atoms. The molecule has 0 saturated carbocycles. The molecule has 0 saturated heterocycles. The van der Waals surface area contributed by atoms with Gasteiger partial charge < -0.3 is 4.90 Å². The number of hydrogen-bond acceptors (Lipinski definition) is 1. The van der Waals surface area contributed by atoms with E-state index in [4.69, 9.17) is 0 Å². The second-order valence-corrected chi connectivity index (χ2v) is 18.9. The van der Waals surface area contributed by atoms with Gasteiger partial charge in [-0.15, -0.1) is 0 Å². The lowest BCUT2D eigenvalue weighted by atomic mass is 9.67. The predicted molar refractivity (Wildman–Crippen MR) is 254 cm³/mol. The van der Waals surface area contributed by atoms with E-state index in [9.17, 15) is 0 Å². The largest absolute Gasteiger partial charge is 0.310 e. The summed E-state index contributed by atoms with van der Waals surface area (Å²) in [6.07, 6.45) is 5.38. The zero-order chi connectivity index (χ0) is 41.7. The smallest absolute Gasteiger partial charge is 0.123 e. The van der Waals surface area contributed by atoms with E-state index in [0.29, 0.717) is 0 Å². The van der Waals surface area contributed by atoms with E-state index in [1.165, 1.54) is 83.5 Å². The lowest BCUT2D eigenvalue weighted by Gasteiger charge is -2.34. The van der Waals surface area contributed by atoms with Crippen LogP contribution in [0.1, 0.15) is 78.6 Å². The van der Waals surface area contributed by atoms with Gasteiger partial charge in [-0.25, -0.2) is 4.39 Å². The van der Waals surface area contributed by atoms with Gasteiger partial charge >= 0.3 is 0 Å². The number of rotatable bonds is 4. The highest BCUT2D eigenvalue weighted by Gasteiger charge is 2.54. The Morgan fingerprint density at radius 3 is 1.55 bits per heavy atom. The molecule has 8 aromatic carbocycles. The molecule has 296 valence electrons. The quantitative estimate of drug-likeness (QED) is 0.171. The first-order valence-electron chi connectivity index (χ1n) is 22.0. The van der Waals surface area contributed by atoms with E-state index in [-0.39, 0.29) is 16.6 Å². The third-order valence-electron chi connectivity index (χ3n) is 15.2. The fraction of sp³-hybridized carbons (Fsp3) is 0.133. The summed E-state index contributed by atoms with van der Waals surface area (Å²) in [5.41, 5.74) is 25.3. The van der Waals surface area contributed by atoms with Gasteiger partial charge in [0.2, 0.25) is 0 Å². The van der Waals surface area contributed by atoms with Crippen LogP contribution in [0.25, 0.3) is 50.1 Å². The number of allylic oxidation sites excluding steroid dienone is 4. The molecule has 5 aliphatic rings. The first-order valence-corrected chi connectivity index (χ1v) is 22.0. The van der Waals surface area contributed by atoms with E-state index in [1.807, 2.05) is 6.07 Å². The van der Waals surface area contributed by atoms with Crippen LogP contribution in [0.3, 0.4) is 0 Å². The Kier molecular flexibility index (Phi) is 7.08. The van der Waals surface area contributed by atoms with Crippen molar-refractivity contribution in [1.29, 1.82) is 0 Å². The van der Waals surface area contributed by atoms with Crippen molar-refractivity contribution < 1.29 is 4.39 Å². The normalized spacial score (nSPS) is 18.2. The number of anilines is 3. The summed E-state index contributed by atoms with van der Waals surface area (Å²) in [5, 5.41) is 0. The van der Waals surface area contributed by atoms with Crippen LogP contribution in [-0.2, 0) is 16.2 Å². The maximum atomic E-state index is 15.5. The Morgan fingerprint density at radius 2 is 0.919 bits per heavy atom. The monoisotopic (exact) mass is 797 g/mol. The van der Waals surface area contributed by atoms with Gasteiger partial charge in [-0.1, -0.05) is 161 Å². The lowest BCUT2D eigenvalue weighted by Crippen LogP contribution is -2.28. The van der Waals surface area contributed by atoms with Crippen molar-refractivity contribution >= 4 is 22.6 Å². The van der Waals surface area contributed by atoms with Crippen molar-refractivity contribution in [2.45, 2.75) is 50.4 Å². The Labute approximate surface area is 363 Å². The highest BCUT2D eigenvalue weighted by Crippen LogP contribution is 2.65. The van der Waals surface area contributed by atoms with Crippen LogP contribution in [-0.4, -0.2) is 0 Å². The molecule has 0 aromatic heterocycles. The third-order valence-corrected chi connectivity index (χ3v) is 15.2. The van der Waals surface area contributed by atoms with Crippen LogP contribution in [0, 0.1) is 5.82 Å². The van der Waals surface area contributed by atoms with Crippen LogP contribution in [0.15, 0.2) is 188 Å². The van der Waals surface area contributed by atoms with Crippen molar-refractivity contribution in [3.8, 4) is 44.5 Å². The van der Waals surface area contributed by atoms with E-state index in [2.05, 4.69) is 196 Å². The molecule has 1 atom stereocenters. The molecule has 0 heterocycles. The van der Waals surface area contributed by atoms with Gasteiger partial charge in [-0.05, 0) is 155 Å². The maximum absolute atomic E-state index is 15.5. The summed E-state index contributed by atoms with van der Waals surface area (Å²) >= 11 is 0. The van der Waals surface area contributed by atoms with Crippen molar-refractivity contribution in [2.75, 3.05) is 4.90 Å². The van der Waals surface area contributed by atoms with Crippen LogP contribution in [0.5, 0.6) is 0 Å². The fourth-order valence-corrected chi connectivity index (χ4v) is 12.4. The van der Waals surface area contributed by atoms with Crippen molar-refractivity contribution in [1.82, 2.24) is 0 Å². The van der Waals surface area contributed by atoms with Gasteiger partial charge in [0.1, 0.15) is 5.82 Å². The second-order valence-electron chi connectivity index (χ2n) is 18.9. The fourth-order valence-electron chi connectivity index (χ4n) is 12.4. The minimum absolute atomic E-state index is 0.133. The Hall–Kier alpha value is -7.03. The SMILES string of the molecule is CC1(C)c2ccccc2-c2ccc(N(c3ccc(-c4cccc5c4C4(C6=C(C=CC6)c6ccc(F)cc64)c4ccccc4-5)cc3)c3ccc4c(c3)C(C)(C)c3ccccc3-4)cc21. The molecule has 1 unspecified atom stereocenters. The van der Waals surface area contributed by atoms with Gasteiger partial charge in [0.25, 0.3) is 0 Å². The number of benzene rings is 8. The van der Waals surface area contributed by atoms with E-state index >= 15 is 4.39 Å². The minimum atomic E-state index is -0.576. The van der Waals surface area contributed by atoms with Gasteiger partial charge in [0, 0.05) is 27.9 Å². The van der Waals surface area contributed by atoms with E-state index < -0.39 is 5.41 Å². The molecule has 13 rings (SSSR count). The summed E-state index contributed by atoms with van der Waals surface area (Å²) in [7, 11) is 0. The Balaban J connectivity index is 0.992. The van der Waals surface area contributed by atoms with Gasteiger partial charge in [0.15, 0.2) is 0 Å². The maximum Gasteiger partial charge on any atom is 0.123 e. The standard InChI is InChI=1S/C60H44FN/c1-58(2)50-19-8-5-13-42(50)46-31-28-39(34-54(46)58)62(40-29-32-47-43-14-6-9-20-51(43)59(3,4)55(47)35-40)38-26-23-36(24-27-38)41-16-11-18-49-45-15-7-10-21-52(45)60(57(41)49)53-22-12-17-44(53)48-30-25-37(61)33-56(48)60/h5-21,23-35H,22H2,1-4H3. The Bertz CT molecular complexity index is 3230. The number of hydrogen-bond donors (Lipinski definition) is 0. The van der Waals surface area contributed by atoms with Crippen LogP contribution >= 0.6 is 0 Å². The number of halogens is 1. The molecule has 0 N–H and O–H groups in total. The first-order chi connectivity index (χ1) is 30.2. The molecule has 2 heteroatoms. The van der Waals surface area contributed by atoms with Crippen LogP contribution < -0.4 is 4.90 Å². The summed E-state index contributed by atoms with van der Waals surface area (Å²) in [5.74, 6) is -0.196. The molecule has 5 aliphatic carbocycles. The third kappa shape index (κ3) is 4.47. The molecule has 62 heavy (non-hydrogen) atoms. The van der Waals surface area contributed by atoms with E-state index in [1.54, 1.807) is 12.1 Å². The highest BCUT2D eigenvalue weighted by atomic mass is 19.1. The highest BCUT2D eigenvalue weighted by molar-refractivity contribution is 6.01. The number of fused-ring (bicyclic) bond motifs is 15.